The van der Waals surface area contributed by atoms with Gasteiger partial charge in [0.1, 0.15) is 0 Å². The van der Waals surface area contributed by atoms with Gasteiger partial charge in [-0.15, -0.1) is 11.8 Å². The van der Waals surface area contributed by atoms with Crippen molar-refractivity contribution in [1.82, 2.24) is 0 Å². The van der Waals surface area contributed by atoms with E-state index in [9.17, 15) is 4.79 Å². The van der Waals surface area contributed by atoms with E-state index in [1.54, 1.807) is 11.8 Å². The van der Waals surface area contributed by atoms with Gasteiger partial charge in [-0.2, -0.15) is 0 Å². The van der Waals surface area contributed by atoms with Gasteiger partial charge in [0.05, 0.1) is 5.75 Å². The molecule has 120 valence electrons. The van der Waals surface area contributed by atoms with Crippen LogP contribution < -0.4 is 5.32 Å². The van der Waals surface area contributed by atoms with Crippen LogP contribution in [0.5, 0.6) is 0 Å². The van der Waals surface area contributed by atoms with E-state index in [0.29, 0.717) is 5.75 Å². The molecule has 0 unspecified atom stereocenters. The number of amides is 1. The van der Waals surface area contributed by atoms with E-state index in [2.05, 4.69) is 42.6 Å². The third kappa shape index (κ3) is 3.78. The quantitative estimate of drug-likeness (QED) is 0.816. The summed E-state index contributed by atoms with van der Waals surface area (Å²) in [6, 6.07) is 10.8. The zero-order chi connectivity index (χ0) is 16.4. The maximum Gasteiger partial charge on any atom is 0.234 e. The SMILES string of the molecule is Cc1cc(C)c(NC(=O)CSc2ccc3c(c2)CCC3)c(C)c1. The highest BCUT2D eigenvalue weighted by Crippen LogP contribution is 2.28. The highest BCUT2D eigenvalue weighted by atomic mass is 32.2. The lowest BCUT2D eigenvalue weighted by molar-refractivity contribution is -0.113. The van der Waals surface area contributed by atoms with Gasteiger partial charge < -0.3 is 5.32 Å². The maximum atomic E-state index is 12.3. The smallest absolute Gasteiger partial charge is 0.234 e. The second-order valence-electron chi connectivity index (χ2n) is 6.39. The van der Waals surface area contributed by atoms with Crippen LogP contribution in [-0.2, 0) is 17.6 Å². The molecular formula is C20H23NOS. The summed E-state index contributed by atoms with van der Waals surface area (Å²) in [6.07, 6.45) is 3.64. The van der Waals surface area contributed by atoms with Crippen molar-refractivity contribution in [3.8, 4) is 0 Å². The van der Waals surface area contributed by atoms with E-state index in [1.807, 2.05) is 13.8 Å². The molecule has 0 radical (unpaired) electrons. The number of carbonyl (C=O) groups is 1. The first-order chi connectivity index (χ1) is 11.0. The molecule has 0 heterocycles. The van der Waals surface area contributed by atoms with E-state index < -0.39 is 0 Å². The van der Waals surface area contributed by atoms with Crippen LogP contribution in [0, 0.1) is 20.8 Å². The summed E-state index contributed by atoms with van der Waals surface area (Å²) in [7, 11) is 0. The van der Waals surface area contributed by atoms with Crippen molar-refractivity contribution in [1.29, 1.82) is 0 Å². The molecule has 0 aromatic heterocycles. The zero-order valence-corrected chi connectivity index (χ0v) is 14.8. The molecule has 2 aromatic carbocycles. The lowest BCUT2D eigenvalue weighted by Crippen LogP contribution is -2.15. The summed E-state index contributed by atoms with van der Waals surface area (Å²) < 4.78 is 0. The Morgan fingerprint density at radius 1 is 1.04 bits per heavy atom. The predicted molar refractivity (Wildman–Crippen MR) is 98.5 cm³/mol. The van der Waals surface area contributed by atoms with Gasteiger partial charge in [-0.25, -0.2) is 0 Å². The van der Waals surface area contributed by atoms with Gasteiger partial charge in [-0.1, -0.05) is 23.8 Å². The van der Waals surface area contributed by atoms with Gasteiger partial charge in [0.2, 0.25) is 5.91 Å². The molecule has 2 nitrogen and oxygen atoms in total. The molecule has 0 aliphatic heterocycles. The highest BCUT2D eigenvalue weighted by molar-refractivity contribution is 8.00. The van der Waals surface area contributed by atoms with Crippen LogP contribution in [0.15, 0.2) is 35.2 Å². The molecule has 1 aliphatic carbocycles. The monoisotopic (exact) mass is 325 g/mol. The highest BCUT2D eigenvalue weighted by Gasteiger charge is 2.12. The Kier molecular flexibility index (Phi) is 4.76. The molecule has 0 saturated heterocycles. The third-order valence-corrected chi connectivity index (χ3v) is 5.38. The minimum atomic E-state index is 0.0607. The predicted octanol–water partition coefficient (Wildman–Crippen LogP) is 4.83. The summed E-state index contributed by atoms with van der Waals surface area (Å²) in [5, 5.41) is 3.07. The number of thioether (sulfide) groups is 1. The van der Waals surface area contributed by atoms with E-state index in [0.717, 1.165) is 16.8 Å². The number of rotatable bonds is 4. The number of fused-ring (bicyclic) bond motifs is 1. The lowest BCUT2D eigenvalue weighted by atomic mass is 10.1. The minimum absolute atomic E-state index is 0.0607. The van der Waals surface area contributed by atoms with Crippen molar-refractivity contribution in [2.45, 2.75) is 44.9 Å². The van der Waals surface area contributed by atoms with Gasteiger partial charge in [0, 0.05) is 10.6 Å². The van der Waals surface area contributed by atoms with Crippen LogP contribution in [-0.4, -0.2) is 11.7 Å². The van der Waals surface area contributed by atoms with E-state index in [-0.39, 0.29) is 5.91 Å². The molecule has 23 heavy (non-hydrogen) atoms. The maximum absolute atomic E-state index is 12.3. The number of nitrogens with one attached hydrogen (secondary N) is 1. The van der Waals surface area contributed by atoms with Crippen LogP contribution in [0.4, 0.5) is 5.69 Å². The van der Waals surface area contributed by atoms with Crippen LogP contribution >= 0.6 is 11.8 Å². The molecule has 0 atom stereocenters. The molecule has 1 amide bonds. The molecule has 3 rings (SSSR count). The third-order valence-electron chi connectivity index (χ3n) is 4.38. The fraction of sp³-hybridized carbons (Fsp3) is 0.350. The first-order valence-corrected chi connectivity index (χ1v) is 9.14. The van der Waals surface area contributed by atoms with Gasteiger partial charge in [-0.3, -0.25) is 4.79 Å². The fourth-order valence-electron chi connectivity index (χ4n) is 3.34. The molecule has 0 saturated carbocycles. The Morgan fingerprint density at radius 3 is 2.48 bits per heavy atom. The van der Waals surface area contributed by atoms with E-state index in [4.69, 9.17) is 0 Å². The number of aryl methyl sites for hydroxylation is 5. The minimum Gasteiger partial charge on any atom is -0.325 e. The van der Waals surface area contributed by atoms with Crippen molar-refractivity contribution >= 4 is 23.4 Å². The van der Waals surface area contributed by atoms with Gasteiger partial charge >= 0.3 is 0 Å². The number of carbonyl (C=O) groups excluding carboxylic acids is 1. The first-order valence-electron chi connectivity index (χ1n) is 8.15. The normalized spacial score (nSPS) is 13.0. The molecule has 0 bridgehead atoms. The van der Waals surface area contributed by atoms with Crippen molar-refractivity contribution in [3.05, 3.63) is 58.1 Å². The van der Waals surface area contributed by atoms with Crippen LogP contribution in [0.3, 0.4) is 0 Å². The van der Waals surface area contributed by atoms with Gasteiger partial charge in [0.15, 0.2) is 0 Å². The summed E-state index contributed by atoms with van der Waals surface area (Å²) >= 11 is 1.62. The molecule has 0 fully saturated rings. The Morgan fingerprint density at radius 2 is 1.74 bits per heavy atom. The number of benzene rings is 2. The van der Waals surface area contributed by atoms with Gasteiger partial charge in [-0.05, 0) is 74.4 Å². The van der Waals surface area contributed by atoms with Gasteiger partial charge in [0.25, 0.3) is 0 Å². The Hall–Kier alpha value is -1.74. The number of anilines is 1. The standard InChI is InChI=1S/C20H23NOS/c1-13-9-14(2)20(15(3)10-13)21-19(22)12-23-18-8-7-16-5-4-6-17(16)11-18/h7-11H,4-6,12H2,1-3H3,(H,21,22). The van der Waals surface area contributed by atoms with Crippen LogP contribution in [0.2, 0.25) is 0 Å². The van der Waals surface area contributed by atoms with E-state index >= 15 is 0 Å². The summed E-state index contributed by atoms with van der Waals surface area (Å²) in [5.41, 5.74) is 7.36. The molecule has 2 aromatic rings. The van der Waals surface area contributed by atoms with Crippen LogP contribution in [0.1, 0.15) is 34.2 Å². The second kappa shape index (κ2) is 6.79. The largest absolute Gasteiger partial charge is 0.325 e. The molecule has 0 spiro atoms. The topological polar surface area (TPSA) is 29.1 Å². The zero-order valence-electron chi connectivity index (χ0n) is 14.0. The molecule has 1 N–H and O–H groups in total. The average molecular weight is 325 g/mol. The first kappa shape index (κ1) is 16.1. The van der Waals surface area contributed by atoms with Crippen molar-refractivity contribution in [2.24, 2.45) is 0 Å². The Bertz CT molecular complexity index is 728. The second-order valence-corrected chi connectivity index (χ2v) is 7.44. The van der Waals surface area contributed by atoms with E-state index in [1.165, 1.54) is 40.8 Å². The fourth-order valence-corrected chi connectivity index (χ4v) is 4.10. The number of hydrogen-bond donors (Lipinski definition) is 1. The lowest BCUT2D eigenvalue weighted by Gasteiger charge is -2.13. The average Bonchev–Trinajstić information content (AvgIpc) is 2.96. The van der Waals surface area contributed by atoms with Crippen molar-refractivity contribution in [2.75, 3.05) is 11.1 Å². The Balaban J connectivity index is 1.62. The van der Waals surface area contributed by atoms with Crippen molar-refractivity contribution < 1.29 is 4.79 Å². The molecular weight excluding hydrogens is 302 g/mol. The molecule has 1 aliphatic rings. The number of hydrogen-bond acceptors (Lipinski definition) is 2. The summed E-state index contributed by atoms with van der Waals surface area (Å²) in [6.45, 7) is 6.17. The summed E-state index contributed by atoms with van der Waals surface area (Å²) in [5.74, 6) is 0.511. The van der Waals surface area contributed by atoms with Crippen molar-refractivity contribution in [3.63, 3.8) is 0 Å². The van der Waals surface area contributed by atoms with Crippen LogP contribution in [0.25, 0.3) is 0 Å². The molecule has 3 heteroatoms. The Labute approximate surface area is 142 Å². The summed E-state index contributed by atoms with van der Waals surface area (Å²) in [4.78, 5) is 13.5.